The van der Waals surface area contributed by atoms with Gasteiger partial charge in [-0.25, -0.2) is 4.83 Å². The van der Waals surface area contributed by atoms with Gasteiger partial charge in [-0.3, -0.25) is 0 Å². The van der Waals surface area contributed by atoms with Gasteiger partial charge in [-0.15, -0.1) is 0 Å². The predicted octanol–water partition coefficient (Wildman–Crippen LogP) is 2.33. The first-order valence-electron chi connectivity index (χ1n) is 6.82. The average molecular weight is 334 g/mol. The van der Waals surface area contributed by atoms with Gasteiger partial charge in [-0.2, -0.15) is 13.5 Å². The Morgan fingerprint density at radius 1 is 1.17 bits per heavy atom. The molecule has 0 saturated carbocycles. The van der Waals surface area contributed by atoms with Crippen LogP contribution >= 0.6 is 0 Å². The standard InChI is InChI=1S/C16H18N2O4S/c1-11-4-5-12(2)16(8-11)23(20,21)18-17-10-13-6-7-14(19)15(9-13)22-3/h4-10,18-19H,1-3H3/b17-10+. The number of hydrazone groups is 1. The molecule has 0 heterocycles. The molecule has 23 heavy (non-hydrogen) atoms. The molecule has 0 saturated heterocycles. The van der Waals surface area contributed by atoms with Gasteiger partial charge >= 0.3 is 0 Å². The average Bonchev–Trinajstić information content (AvgIpc) is 2.51. The third-order valence-electron chi connectivity index (χ3n) is 3.22. The van der Waals surface area contributed by atoms with Crippen LogP contribution in [0.5, 0.6) is 11.5 Å². The lowest BCUT2D eigenvalue weighted by atomic mass is 10.2. The Kier molecular flexibility index (Phi) is 4.90. The van der Waals surface area contributed by atoms with Gasteiger partial charge in [0.25, 0.3) is 10.0 Å². The lowest BCUT2D eigenvalue weighted by molar-refractivity contribution is 0.373. The van der Waals surface area contributed by atoms with Crippen LogP contribution in [0.25, 0.3) is 0 Å². The first-order chi connectivity index (χ1) is 10.8. The van der Waals surface area contributed by atoms with E-state index in [1.54, 1.807) is 31.2 Å². The number of benzene rings is 2. The summed E-state index contributed by atoms with van der Waals surface area (Å²) < 4.78 is 29.5. The molecule has 2 N–H and O–H groups in total. The minimum absolute atomic E-state index is 0.000571. The second kappa shape index (κ2) is 6.70. The maximum atomic E-state index is 12.3. The molecule has 2 rings (SSSR count). The van der Waals surface area contributed by atoms with Crippen molar-refractivity contribution in [2.45, 2.75) is 18.7 Å². The molecular formula is C16H18N2O4S. The van der Waals surface area contributed by atoms with Crippen molar-refractivity contribution in [3.63, 3.8) is 0 Å². The first-order valence-corrected chi connectivity index (χ1v) is 8.31. The topological polar surface area (TPSA) is 88.0 Å². The number of sulfonamides is 1. The third kappa shape index (κ3) is 4.01. The fourth-order valence-corrected chi connectivity index (χ4v) is 3.11. The summed E-state index contributed by atoms with van der Waals surface area (Å²) in [7, 11) is -2.31. The fourth-order valence-electron chi connectivity index (χ4n) is 1.99. The van der Waals surface area contributed by atoms with E-state index in [2.05, 4.69) is 9.93 Å². The predicted molar refractivity (Wildman–Crippen MR) is 88.5 cm³/mol. The van der Waals surface area contributed by atoms with Gasteiger partial charge in [0.15, 0.2) is 11.5 Å². The molecule has 0 aliphatic heterocycles. The molecule has 0 unspecified atom stereocenters. The molecule has 2 aromatic rings. The van der Waals surface area contributed by atoms with Crippen LogP contribution in [0, 0.1) is 13.8 Å². The SMILES string of the molecule is COc1cc(/C=N/NS(=O)(=O)c2cc(C)ccc2C)ccc1O. The molecule has 2 aromatic carbocycles. The molecule has 0 amide bonds. The van der Waals surface area contributed by atoms with Gasteiger partial charge in [0.1, 0.15) is 0 Å². The summed E-state index contributed by atoms with van der Waals surface area (Å²) in [5.74, 6) is 0.284. The zero-order valence-electron chi connectivity index (χ0n) is 13.1. The van der Waals surface area contributed by atoms with Crippen LogP contribution in [0.15, 0.2) is 46.4 Å². The first kappa shape index (κ1) is 16.8. The Morgan fingerprint density at radius 3 is 2.61 bits per heavy atom. The van der Waals surface area contributed by atoms with Gasteiger partial charge in [-0.05, 0) is 54.8 Å². The summed E-state index contributed by atoms with van der Waals surface area (Å²) in [6.45, 7) is 3.55. The number of hydrogen-bond acceptors (Lipinski definition) is 5. The van der Waals surface area contributed by atoms with Crippen molar-refractivity contribution in [3.8, 4) is 11.5 Å². The van der Waals surface area contributed by atoms with E-state index in [0.717, 1.165) is 5.56 Å². The van der Waals surface area contributed by atoms with Crippen molar-refractivity contribution in [3.05, 3.63) is 53.1 Å². The third-order valence-corrected chi connectivity index (χ3v) is 4.59. The molecule has 0 aliphatic rings. The Hall–Kier alpha value is -2.54. The van der Waals surface area contributed by atoms with Crippen LogP contribution in [-0.4, -0.2) is 26.8 Å². The summed E-state index contributed by atoms with van der Waals surface area (Å²) >= 11 is 0. The number of ether oxygens (including phenoxy) is 1. The summed E-state index contributed by atoms with van der Waals surface area (Å²) in [6, 6.07) is 9.77. The normalized spacial score (nSPS) is 11.6. The van der Waals surface area contributed by atoms with Crippen LogP contribution in [0.1, 0.15) is 16.7 Å². The van der Waals surface area contributed by atoms with Crippen molar-refractivity contribution in [2.75, 3.05) is 7.11 Å². The minimum Gasteiger partial charge on any atom is -0.504 e. The van der Waals surface area contributed by atoms with Gasteiger partial charge in [-0.1, -0.05) is 12.1 Å². The highest BCUT2D eigenvalue weighted by Crippen LogP contribution is 2.25. The molecule has 0 radical (unpaired) electrons. The Bertz CT molecular complexity index is 845. The van der Waals surface area contributed by atoms with Crippen LogP contribution < -0.4 is 9.57 Å². The van der Waals surface area contributed by atoms with Crippen molar-refractivity contribution < 1.29 is 18.3 Å². The number of hydrogen-bond donors (Lipinski definition) is 2. The van der Waals surface area contributed by atoms with Crippen LogP contribution in [0.3, 0.4) is 0 Å². The monoisotopic (exact) mass is 334 g/mol. The maximum absolute atomic E-state index is 12.3. The van der Waals surface area contributed by atoms with Gasteiger partial charge in [0, 0.05) is 0 Å². The number of rotatable bonds is 5. The van der Waals surface area contributed by atoms with E-state index in [0.29, 0.717) is 11.1 Å². The van der Waals surface area contributed by atoms with Gasteiger partial charge < -0.3 is 9.84 Å². The van der Waals surface area contributed by atoms with E-state index in [9.17, 15) is 13.5 Å². The molecular weight excluding hydrogens is 316 g/mol. The zero-order chi connectivity index (χ0) is 17.0. The maximum Gasteiger partial charge on any atom is 0.276 e. The van der Waals surface area contributed by atoms with Crippen molar-refractivity contribution >= 4 is 16.2 Å². The molecule has 0 spiro atoms. The molecule has 7 heteroatoms. The highest BCUT2D eigenvalue weighted by Gasteiger charge is 2.15. The van der Waals surface area contributed by atoms with E-state index in [4.69, 9.17) is 4.74 Å². The van der Waals surface area contributed by atoms with Crippen molar-refractivity contribution in [2.24, 2.45) is 5.10 Å². The fraction of sp³-hybridized carbons (Fsp3) is 0.188. The van der Waals surface area contributed by atoms with E-state index in [1.165, 1.54) is 19.4 Å². The highest BCUT2D eigenvalue weighted by atomic mass is 32.2. The van der Waals surface area contributed by atoms with E-state index < -0.39 is 10.0 Å². The zero-order valence-corrected chi connectivity index (χ0v) is 13.9. The van der Waals surface area contributed by atoms with E-state index in [-0.39, 0.29) is 16.4 Å². The Morgan fingerprint density at radius 2 is 1.91 bits per heavy atom. The number of phenols is 1. The lowest BCUT2D eigenvalue weighted by Crippen LogP contribution is -2.19. The van der Waals surface area contributed by atoms with E-state index >= 15 is 0 Å². The molecule has 0 atom stereocenters. The molecule has 0 fully saturated rings. The van der Waals surface area contributed by atoms with Gasteiger partial charge in [0.05, 0.1) is 18.2 Å². The van der Waals surface area contributed by atoms with Crippen molar-refractivity contribution in [1.82, 2.24) is 4.83 Å². The number of phenolic OH excluding ortho intramolecular Hbond substituents is 1. The summed E-state index contributed by atoms with van der Waals surface area (Å²) in [6.07, 6.45) is 1.34. The van der Waals surface area contributed by atoms with Crippen LogP contribution in [0.2, 0.25) is 0 Å². The van der Waals surface area contributed by atoms with Crippen LogP contribution in [-0.2, 0) is 10.0 Å². The highest BCUT2D eigenvalue weighted by molar-refractivity contribution is 7.89. The van der Waals surface area contributed by atoms with Gasteiger partial charge in [0.2, 0.25) is 0 Å². The molecule has 6 nitrogen and oxygen atoms in total. The smallest absolute Gasteiger partial charge is 0.276 e. The summed E-state index contributed by atoms with van der Waals surface area (Å²) in [5.41, 5.74) is 2.08. The molecule has 122 valence electrons. The van der Waals surface area contributed by atoms with Crippen LogP contribution in [0.4, 0.5) is 0 Å². The molecule has 0 aromatic heterocycles. The number of aryl methyl sites for hydroxylation is 2. The number of aromatic hydroxyl groups is 1. The second-order valence-electron chi connectivity index (χ2n) is 5.05. The minimum atomic E-state index is -3.74. The van der Waals surface area contributed by atoms with E-state index in [1.807, 2.05) is 13.0 Å². The second-order valence-corrected chi connectivity index (χ2v) is 6.68. The lowest BCUT2D eigenvalue weighted by Gasteiger charge is -2.08. The Labute approximate surface area is 135 Å². The number of nitrogens with zero attached hydrogens (tertiary/aromatic N) is 1. The quantitative estimate of drug-likeness (QED) is 0.649. The molecule has 0 aliphatic carbocycles. The summed E-state index contributed by atoms with van der Waals surface area (Å²) in [4.78, 5) is 2.37. The number of nitrogens with one attached hydrogen (secondary N) is 1. The number of methoxy groups -OCH3 is 1. The Balaban J connectivity index is 2.20. The summed E-state index contributed by atoms with van der Waals surface area (Å²) in [5, 5.41) is 13.3. The molecule has 0 bridgehead atoms. The van der Waals surface area contributed by atoms with Crippen molar-refractivity contribution in [1.29, 1.82) is 0 Å². The largest absolute Gasteiger partial charge is 0.504 e.